The summed E-state index contributed by atoms with van der Waals surface area (Å²) in [6.07, 6.45) is 3.76. The minimum atomic E-state index is -1.06. The van der Waals surface area contributed by atoms with E-state index in [0.29, 0.717) is 30.8 Å². The zero-order valence-electron chi connectivity index (χ0n) is 31.2. The first-order valence-corrected chi connectivity index (χ1v) is 19.3. The summed E-state index contributed by atoms with van der Waals surface area (Å²) in [5.74, 6) is -3.03. The van der Waals surface area contributed by atoms with E-state index in [1.54, 1.807) is 29.3 Å². The quantitative estimate of drug-likeness (QED) is 0.149. The number of aliphatic hydroxyl groups is 1. The van der Waals surface area contributed by atoms with E-state index in [1.165, 1.54) is 12.1 Å². The van der Waals surface area contributed by atoms with Crippen LogP contribution in [0.15, 0.2) is 29.6 Å². The van der Waals surface area contributed by atoms with E-state index >= 15 is 0 Å². The molecule has 1 aromatic carbocycles. The highest BCUT2D eigenvalue weighted by Gasteiger charge is 2.37. The van der Waals surface area contributed by atoms with Crippen LogP contribution in [0, 0.1) is 23.6 Å². The zero-order valence-corrected chi connectivity index (χ0v) is 32.0. The number of nitrogens with one attached hydrogen (secondary N) is 2. The lowest BCUT2D eigenvalue weighted by atomic mass is 9.92. The molecule has 0 saturated carbocycles. The fourth-order valence-corrected chi connectivity index (χ4v) is 7.51. The van der Waals surface area contributed by atoms with E-state index in [1.807, 2.05) is 41.7 Å². The molecule has 11 nitrogen and oxygen atoms in total. The SMILES string of the molecule is CCCN(C(=O)[C@@H](NC(=O)[C@H]1CCCCN1C)C(C)CC)[C@H](C[C@@H](O)c1nc(C(=O)N[C@@H](Cc2ccc(F)cc2)C[C@H](C)C(=O)O)cs1)C(C)C. The van der Waals surface area contributed by atoms with Crippen molar-refractivity contribution in [3.8, 4) is 0 Å². The van der Waals surface area contributed by atoms with Gasteiger partial charge in [0.1, 0.15) is 28.7 Å². The van der Waals surface area contributed by atoms with Gasteiger partial charge in [0, 0.05) is 30.4 Å². The number of hydrogen-bond acceptors (Lipinski definition) is 8. The van der Waals surface area contributed by atoms with Crippen molar-refractivity contribution in [3.05, 3.63) is 51.7 Å². The molecule has 1 aromatic heterocycles. The van der Waals surface area contributed by atoms with Crippen LogP contribution in [0.2, 0.25) is 0 Å². The molecule has 3 amide bonds. The largest absolute Gasteiger partial charge is 0.481 e. The summed E-state index contributed by atoms with van der Waals surface area (Å²) in [6.45, 7) is 12.8. The molecule has 1 saturated heterocycles. The van der Waals surface area contributed by atoms with Crippen LogP contribution in [0.25, 0.3) is 0 Å². The maximum Gasteiger partial charge on any atom is 0.306 e. The minimum absolute atomic E-state index is 0.0286. The zero-order chi connectivity index (χ0) is 37.8. The van der Waals surface area contributed by atoms with Crippen LogP contribution < -0.4 is 10.6 Å². The molecule has 2 heterocycles. The number of benzene rings is 1. The Balaban J connectivity index is 1.77. The molecule has 1 aliphatic heterocycles. The summed E-state index contributed by atoms with van der Waals surface area (Å²) in [5, 5.41) is 28.8. The predicted octanol–water partition coefficient (Wildman–Crippen LogP) is 5.44. The maximum atomic E-state index is 14.4. The van der Waals surface area contributed by atoms with Crippen molar-refractivity contribution in [2.75, 3.05) is 20.1 Å². The molecular weight excluding hydrogens is 674 g/mol. The Kier molecular flexibility index (Phi) is 16.5. The Hall–Kier alpha value is -3.42. The average molecular weight is 732 g/mol. The number of aromatic nitrogens is 1. The van der Waals surface area contributed by atoms with E-state index in [-0.39, 0.29) is 54.3 Å². The van der Waals surface area contributed by atoms with Gasteiger partial charge in [-0.1, -0.05) is 66.5 Å². The van der Waals surface area contributed by atoms with Gasteiger partial charge in [0.05, 0.1) is 12.0 Å². The molecule has 13 heteroatoms. The number of likely N-dealkylation sites (N-methyl/N-ethyl adjacent to an activating group) is 1. The number of likely N-dealkylation sites (tertiary alicyclic amines) is 1. The number of carbonyl (C=O) groups is 4. The standard InChI is InChI=1S/C38H58FN5O6S/c1-8-17-44(37(48)33(24(5)9-2)42-35(47)30-12-10-11-18-43(30)7)31(23(3)4)21-32(45)36-41-29(22-51-36)34(46)40-28(19-25(6)38(49)50)20-26-13-15-27(39)16-14-26/h13-16,22-25,28,30-33,45H,8-12,17-21H2,1-7H3,(H,40,46)(H,42,47)(H,49,50)/t24?,25-,28+,30+,31+,32+,33-/m0/s1. The summed E-state index contributed by atoms with van der Waals surface area (Å²) < 4.78 is 13.5. The smallest absolute Gasteiger partial charge is 0.306 e. The number of hydrogen-bond donors (Lipinski definition) is 4. The van der Waals surface area contributed by atoms with Crippen LogP contribution in [-0.2, 0) is 20.8 Å². The number of carboxylic acid groups (broad SMARTS) is 1. The number of piperidine rings is 1. The van der Waals surface area contributed by atoms with Crippen molar-refractivity contribution >= 4 is 35.0 Å². The molecule has 4 N–H and O–H groups in total. The number of nitrogens with zero attached hydrogens (tertiary/aromatic N) is 3. The number of thiazole rings is 1. The lowest BCUT2D eigenvalue weighted by molar-refractivity contribution is -0.143. The van der Waals surface area contributed by atoms with Crippen LogP contribution in [0.5, 0.6) is 0 Å². The van der Waals surface area contributed by atoms with Gasteiger partial charge in [0.25, 0.3) is 5.91 Å². The first-order valence-electron chi connectivity index (χ1n) is 18.4. The lowest BCUT2D eigenvalue weighted by Crippen LogP contribution is -2.58. The van der Waals surface area contributed by atoms with Gasteiger partial charge in [-0.2, -0.15) is 0 Å². The van der Waals surface area contributed by atoms with Crippen LogP contribution in [-0.4, -0.2) is 93.0 Å². The highest BCUT2D eigenvalue weighted by molar-refractivity contribution is 7.09. The highest BCUT2D eigenvalue weighted by Crippen LogP contribution is 2.29. The molecule has 1 unspecified atom stereocenters. The van der Waals surface area contributed by atoms with Crippen molar-refractivity contribution in [1.29, 1.82) is 0 Å². The van der Waals surface area contributed by atoms with Crippen molar-refractivity contribution in [1.82, 2.24) is 25.4 Å². The van der Waals surface area contributed by atoms with Gasteiger partial charge in [-0.05, 0) is 75.2 Å². The molecule has 0 aliphatic carbocycles. The van der Waals surface area contributed by atoms with Crippen LogP contribution >= 0.6 is 11.3 Å². The second-order valence-corrected chi connectivity index (χ2v) is 15.4. The van der Waals surface area contributed by atoms with Gasteiger partial charge in [-0.3, -0.25) is 24.1 Å². The minimum Gasteiger partial charge on any atom is -0.481 e. The first-order chi connectivity index (χ1) is 24.2. The first kappa shape index (κ1) is 42.0. The Labute approximate surface area is 306 Å². The molecule has 0 spiro atoms. The van der Waals surface area contributed by atoms with Crippen molar-refractivity contribution in [3.63, 3.8) is 0 Å². The molecule has 284 valence electrons. The van der Waals surface area contributed by atoms with E-state index in [4.69, 9.17) is 0 Å². The fraction of sp³-hybridized carbons (Fsp3) is 0.658. The van der Waals surface area contributed by atoms with Crippen molar-refractivity contribution < 1.29 is 33.8 Å². The lowest BCUT2D eigenvalue weighted by Gasteiger charge is -2.39. The molecule has 0 radical (unpaired) electrons. The van der Waals surface area contributed by atoms with Gasteiger partial charge in [-0.15, -0.1) is 11.3 Å². The average Bonchev–Trinajstić information content (AvgIpc) is 3.60. The predicted molar refractivity (Wildman–Crippen MR) is 197 cm³/mol. The van der Waals surface area contributed by atoms with E-state index < -0.39 is 41.8 Å². The van der Waals surface area contributed by atoms with Gasteiger partial charge in [0.15, 0.2) is 0 Å². The molecule has 3 rings (SSSR count). The molecule has 0 bridgehead atoms. The summed E-state index contributed by atoms with van der Waals surface area (Å²) in [5.41, 5.74) is 0.840. The molecule has 7 atom stereocenters. The second-order valence-electron chi connectivity index (χ2n) is 14.5. The summed E-state index contributed by atoms with van der Waals surface area (Å²) in [6, 6.07) is 3.94. The number of aliphatic hydroxyl groups excluding tert-OH is 1. The highest BCUT2D eigenvalue weighted by atomic mass is 32.1. The molecule has 51 heavy (non-hydrogen) atoms. The monoisotopic (exact) mass is 731 g/mol. The number of carbonyl (C=O) groups excluding carboxylic acids is 3. The van der Waals surface area contributed by atoms with E-state index in [0.717, 1.165) is 42.7 Å². The fourth-order valence-electron chi connectivity index (χ4n) is 6.72. The molecule has 2 aromatic rings. The van der Waals surface area contributed by atoms with E-state index in [2.05, 4.69) is 20.5 Å². The second kappa shape index (κ2) is 20.0. The third kappa shape index (κ3) is 12.1. The Morgan fingerprint density at radius 3 is 2.33 bits per heavy atom. The Morgan fingerprint density at radius 1 is 1.06 bits per heavy atom. The van der Waals surface area contributed by atoms with Crippen LogP contribution in [0.4, 0.5) is 4.39 Å². The summed E-state index contributed by atoms with van der Waals surface area (Å²) in [4.78, 5) is 61.1. The number of rotatable bonds is 19. The van der Waals surface area contributed by atoms with Crippen LogP contribution in [0.1, 0.15) is 114 Å². The van der Waals surface area contributed by atoms with Gasteiger partial charge < -0.3 is 25.7 Å². The van der Waals surface area contributed by atoms with Crippen molar-refractivity contribution in [2.24, 2.45) is 17.8 Å². The molecule has 1 aliphatic rings. The maximum absolute atomic E-state index is 14.4. The normalized spacial score (nSPS) is 18.7. The molecule has 1 fully saturated rings. The summed E-state index contributed by atoms with van der Waals surface area (Å²) >= 11 is 1.14. The third-order valence-electron chi connectivity index (χ3n) is 10.1. The van der Waals surface area contributed by atoms with Gasteiger partial charge >= 0.3 is 5.97 Å². The Bertz CT molecular complexity index is 1440. The molecular formula is C38H58FN5O6S. The summed E-state index contributed by atoms with van der Waals surface area (Å²) in [7, 11) is 1.95. The third-order valence-corrected chi connectivity index (χ3v) is 11.0. The number of aliphatic carboxylic acids is 1. The Morgan fingerprint density at radius 2 is 1.75 bits per heavy atom. The van der Waals surface area contributed by atoms with Gasteiger partial charge in [0.2, 0.25) is 11.8 Å². The van der Waals surface area contributed by atoms with Gasteiger partial charge in [-0.25, -0.2) is 9.37 Å². The number of halogens is 1. The number of amides is 3. The van der Waals surface area contributed by atoms with Crippen molar-refractivity contribution in [2.45, 2.75) is 123 Å². The topological polar surface area (TPSA) is 152 Å². The van der Waals surface area contributed by atoms with E-state index in [9.17, 15) is 33.8 Å². The van der Waals surface area contributed by atoms with Crippen LogP contribution in [0.3, 0.4) is 0 Å². The number of carboxylic acids is 1.